The molecule has 1 aliphatic heterocycles. The largest absolute Gasteiger partial charge is 0.459 e. The van der Waals surface area contributed by atoms with Gasteiger partial charge in [0.05, 0.1) is 0 Å². The number of carbonyl (C=O) groups is 1. The van der Waals surface area contributed by atoms with Crippen molar-refractivity contribution in [2.75, 3.05) is 26.7 Å². The monoisotopic (exact) mass is 320 g/mol. The molecule has 5 aliphatic rings. The van der Waals surface area contributed by atoms with Crippen molar-refractivity contribution >= 4 is 5.97 Å². The Balaban J connectivity index is 1.51. The average molecular weight is 320 g/mol. The number of hydrogen-bond donors (Lipinski definition) is 0. The molecule has 0 aromatic heterocycles. The lowest BCUT2D eigenvalue weighted by atomic mass is 9.51. The molecule has 0 aromatic rings. The van der Waals surface area contributed by atoms with Crippen molar-refractivity contribution in [3.63, 3.8) is 0 Å². The van der Waals surface area contributed by atoms with E-state index in [1.807, 2.05) is 0 Å². The van der Waals surface area contributed by atoms with Gasteiger partial charge in [0.2, 0.25) is 0 Å². The maximum absolute atomic E-state index is 11.6. The van der Waals surface area contributed by atoms with E-state index in [4.69, 9.17) is 4.74 Å². The highest BCUT2D eigenvalue weighted by molar-refractivity contribution is 5.66. The molecule has 4 aliphatic carbocycles. The molecule has 0 spiro atoms. The predicted octanol–water partition coefficient (Wildman–Crippen LogP) is 2.52. The zero-order chi connectivity index (χ0) is 16.2. The highest BCUT2D eigenvalue weighted by Crippen LogP contribution is 2.58. The van der Waals surface area contributed by atoms with Gasteiger partial charge in [0.15, 0.2) is 0 Å². The fourth-order valence-electron chi connectivity index (χ4n) is 6.63. The van der Waals surface area contributed by atoms with E-state index in [1.165, 1.54) is 38.9 Å². The third-order valence-electron chi connectivity index (χ3n) is 7.23. The molecule has 4 nitrogen and oxygen atoms in total. The lowest BCUT2D eigenvalue weighted by Crippen LogP contribution is -2.65. The Morgan fingerprint density at radius 1 is 1.17 bits per heavy atom. The number of esters is 1. The van der Waals surface area contributed by atoms with Gasteiger partial charge in [-0.15, -0.1) is 0 Å². The van der Waals surface area contributed by atoms with Gasteiger partial charge in [-0.3, -0.25) is 9.69 Å². The molecule has 0 aromatic carbocycles. The number of hydrogen-bond acceptors (Lipinski definition) is 4. The van der Waals surface area contributed by atoms with Gasteiger partial charge in [-0.05, 0) is 63.3 Å². The van der Waals surface area contributed by atoms with Crippen molar-refractivity contribution < 1.29 is 9.53 Å². The van der Waals surface area contributed by atoms with Crippen molar-refractivity contribution in [2.45, 2.75) is 70.1 Å². The van der Waals surface area contributed by atoms with E-state index in [0.29, 0.717) is 6.04 Å². The Labute approximate surface area is 140 Å². The lowest BCUT2D eigenvalue weighted by molar-refractivity contribution is -0.198. The lowest BCUT2D eigenvalue weighted by Gasteiger charge is -2.62. The summed E-state index contributed by atoms with van der Waals surface area (Å²) < 4.78 is 5.88. The molecule has 3 atom stereocenters. The van der Waals surface area contributed by atoms with Crippen LogP contribution >= 0.6 is 0 Å². The fourth-order valence-corrected chi connectivity index (χ4v) is 6.63. The summed E-state index contributed by atoms with van der Waals surface area (Å²) in [5.41, 5.74) is -0.102. The smallest absolute Gasteiger partial charge is 0.303 e. The summed E-state index contributed by atoms with van der Waals surface area (Å²) in [5, 5.41) is 0. The maximum atomic E-state index is 11.6. The van der Waals surface area contributed by atoms with Gasteiger partial charge >= 0.3 is 5.97 Å². The topological polar surface area (TPSA) is 32.8 Å². The van der Waals surface area contributed by atoms with E-state index in [-0.39, 0.29) is 11.6 Å². The van der Waals surface area contributed by atoms with Crippen LogP contribution in [0.1, 0.15) is 52.4 Å². The zero-order valence-corrected chi connectivity index (χ0v) is 15.0. The van der Waals surface area contributed by atoms with E-state index < -0.39 is 0 Å². The van der Waals surface area contributed by atoms with Crippen LogP contribution in [0.5, 0.6) is 0 Å². The van der Waals surface area contributed by atoms with E-state index in [1.54, 1.807) is 6.92 Å². The number of nitrogens with zero attached hydrogens (tertiary/aromatic N) is 2. The van der Waals surface area contributed by atoms with Crippen LogP contribution < -0.4 is 0 Å². The van der Waals surface area contributed by atoms with Crippen molar-refractivity contribution in [1.29, 1.82) is 0 Å². The van der Waals surface area contributed by atoms with Gasteiger partial charge in [0.25, 0.3) is 0 Å². The Morgan fingerprint density at radius 3 is 2.48 bits per heavy atom. The van der Waals surface area contributed by atoms with Crippen molar-refractivity contribution in [3.05, 3.63) is 0 Å². The molecule has 5 rings (SSSR count). The molecule has 0 radical (unpaired) electrons. The summed E-state index contributed by atoms with van der Waals surface area (Å²) in [6, 6.07) is 1.46. The van der Waals surface area contributed by atoms with Crippen LogP contribution in [0.2, 0.25) is 0 Å². The molecule has 130 valence electrons. The van der Waals surface area contributed by atoms with Crippen LogP contribution in [0.15, 0.2) is 0 Å². The minimum Gasteiger partial charge on any atom is -0.459 e. The molecule has 4 bridgehead atoms. The van der Waals surface area contributed by atoms with Crippen molar-refractivity contribution in [2.24, 2.45) is 17.8 Å². The van der Waals surface area contributed by atoms with Crippen LogP contribution in [0.3, 0.4) is 0 Å². The Bertz CT molecular complexity index is 464. The zero-order valence-electron chi connectivity index (χ0n) is 15.0. The van der Waals surface area contributed by atoms with Gasteiger partial charge in [0, 0.05) is 38.6 Å². The second-order valence-electron chi connectivity index (χ2n) is 8.77. The third kappa shape index (κ3) is 2.72. The Kier molecular flexibility index (Phi) is 3.96. The molecule has 4 heteroatoms. The first kappa shape index (κ1) is 15.9. The third-order valence-corrected chi connectivity index (χ3v) is 7.23. The minimum absolute atomic E-state index is 0.0749. The maximum Gasteiger partial charge on any atom is 0.303 e. The first-order chi connectivity index (χ1) is 11.0. The van der Waals surface area contributed by atoms with Crippen LogP contribution in [0.25, 0.3) is 0 Å². The van der Waals surface area contributed by atoms with Gasteiger partial charge in [0.1, 0.15) is 5.60 Å². The quantitative estimate of drug-likeness (QED) is 0.748. The molecule has 1 saturated heterocycles. The number of carbonyl (C=O) groups excluding carboxylic acids is 1. The molecule has 23 heavy (non-hydrogen) atoms. The van der Waals surface area contributed by atoms with Crippen molar-refractivity contribution in [3.8, 4) is 0 Å². The molecular formula is C19H32N2O2. The van der Waals surface area contributed by atoms with E-state index in [2.05, 4.69) is 23.8 Å². The molecule has 3 unspecified atom stereocenters. The summed E-state index contributed by atoms with van der Waals surface area (Å²) in [6.45, 7) is 7.55. The average Bonchev–Trinajstić information content (AvgIpc) is 2.46. The molecule has 4 saturated carbocycles. The first-order valence-corrected chi connectivity index (χ1v) is 9.63. The number of rotatable bonds is 3. The van der Waals surface area contributed by atoms with Gasteiger partial charge in [-0.25, -0.2) is 0 Å². The van der Waals surface area contributed by atoms with Crippen molar-refractivity contribution in [1.82, 2.24) is 9.80 Å². The van der Waals surface area contributed by atoms with Gasteiger partial charge in [-0.2, -0.15) is 0 Å². The van der Waals surface area contributed by atoms with E-state index in [9.17, 15) is 4.79 Å². The minimum atomic E-state index is -0.102. The molecule has 0 N–H and O–H groups in total. The molecular weight excluding hydrogens is 288 g/mol. The van der Waals surface area contributed by atoms with E-state index in [0.717, 1.165) is 43.1 Å². The SMILES string of the molecule is CCC1CN(C2C3CC4CC2CC(OC(C)=O)(C4)C3)CCN1C. The summed E-state index contributed by atoms with van der Waals surface area (Å²) in [5.74, 6) is 2.23. The predicted molar refractivity (Wildman–Crippen MR) is 90.1 cm³/mol. The van der Waals surface area contributed by atoms with Gasteiger partial charge in [-0.1, -0.05) is 6.92 Å². The highest BCUT2D eigenvalue weighted by atomic mass is 16.6. The Morgan fingerprint density at radius 2 is 1.87 bits per heavy atom. The normalized spacial score (nSPS) is 47.0. The molecule has 1 heterocycles. The summed E-state index contributed by atoms with van der Waals surface area (Å²) >= 11 is 0. The van der Waals surface area contributed by atoms with Crippen LogP contribution in [0, 0.1) is 17.8 Å². The Hall–Kier alpha value is -0.610. The number of piperazine rings is 1. The highest BCUT2D eigenvalue weighted by Gasteiger charge is 2.58. The van der Waals surface area contributed by atoms with Crippen LogP contribution in [-0.4, -0.2) is 60.1 Å². The van der Waals surface area contributed by atoms with Crippen LogP contribution in [0.4, 0.5) is 0 Å². The molecule has 5 fully saturated rings. The second kappa shape index (κ2) is 5.73. The van der Waals surface area contributed by atoms with Crippen LogP contribution in [-0.2, 0) is 9.53 Å². The first-order valence-electron chi connectivity index (χ1n) is 9.63. The number of ether oxygens (including phenoxy) is 1. The summed E-state index contributed by atoms with van der Waals surface area (Å²) in [4.78, 5) is 16.9. The second-order valence-corrected chi connectivity index (χ2v) is 8.77. The van der Waals surface area contributed by atoms with Gasteiger partial charge < -0.3 is 9.64 Å². The number of likely N-dealkylation sites (N-methyl/N-ethyl adjacent to an activating group) is 1. The summed E-state index contributed by atoms with van der Waals surface area (Å²) in [6.07, 6.45) is 7.35. The molecule has 0 amide bonds. The summed E-state index contributed by atoms with van der Waals surface area (Å²) in [7, 11) is 2.28. The van der Waals surface area contributed by atoms with E-state index >= 15 is 0 Å². The fraction of sp³-hybridized carbons (Fsp3) is 0.947. The standard InChI is InChI=1S/C19H32N2O2/c1-4-17-12-21(6-5-20(17)3)18-15-7-14-8-16(18)11-19(9-14,10-15)23-13(2)22/h14-18H,4-12H2,1-3H3.